The third-order valence-electron chi connectivity index (χ3n) is 4.74. The lowest BCUT2D eigenvalue weighted by Gasteiger charge is -2.08. The second-order valence-electron chi connectivity index (χ2n) is 6.44. The molecule has 8 heteroatoms. The molecule has 0 saturated heterocycles. The van der Waals surface area contributed by atoms with Gasteiger partial charge in [-0.3, -0.25) is 18.8 Å². The number of hydrogen-bond donors (Lipinski definition) is 0. The SMILES string of the molecule is Cc1c(-n2c(=O)cc(-c3ccccc3Cl)sc2=S)c(=O)n(-c2ccccc2)n1C. The van der Waals surface area contributed by atoms with Crippen LogP contribution in [-0.2, 0) is 7.05 Å². The Kier molecular flexibility index (Phi) is 5.12. The second kappa shape index (κ2) is 7.59. The summed E-state index contributed by atoms with van der Waals surface area (Å²) < 4.78 is 4.84. The summed E-state index contributed by atoms with van der Waals surface area (Å²) in [4.78, 5) is 26.9. The van der Waals surface area contributed by atoms with Gasteiger partial charge < -0.3 is 0 Å². The molecule has 0 N–H and O–H groups in total. The van der Waals surface area contributed by atoms with Gasteiger partial charge in [0.25, 0.3) is 11.1 Å². The summed E-state index contributed by atoms with van der Waals surface area (Å²) in [6, 6.07) is 18.0. The smallest absolute Gasteiger partial charge is 0.283 e. The molecule has 0 saturated carbocycles. The van der Waals surface area contributed by atoms with Crippen molar-refractivity contribution in [2.45, 2.75) is 6.92 Å². The number of halogens is 1. The molecule has 5 nitrogen and oxygen atoms in total. The van der Waals surface area contributed by atoms with Crippen LogP contribution in [0.2, 0.25) is 5.02 Å². The van der Waals surface area contributed by atoms with Gasteiger partial charge in [-0.15, -0.1) is 11.3 Å². The van der Waals surface area contributed by atoms with Crippen LogP contribution in [0.15, 0.2) is 70.3 Å². The summed E-state index contributed by atoms with van der Waals surface area (Å²) in [6.45, 7) is 1.80. The fraction of sp³-hybridized carbons (Fsp3) is 0.0952. The number of rotatable bonds is 3. The van der Waals surface area contributed by atoms with Crippen LogP contribution >= 0.6 is 35.2 Å². The zero-order valence-corrected chi connectivity index (χ0v) is 18.0. The molecule has 0 atom stereocenters. The zero-order chi connectivity index (χ0) is 20.7. The minimum absolute atomic E-state index is 0.258. The summed E-state index contributed by atoms with van der Waals surface area (Å²) >= 11 is 13.0. The first-order chi connectivity index (χ1) is 13.9. The number of para-hydroxylation sites is 1. The highest BCUT2D eigenvalue weighted by molar-refractivity contribution is 7.73. The lowest BCUT2D eigenvalue weighted by molar-refractivity contribution is 0.630. The Morgan fingerprint density at radius 1 is 1.00 bits per heavy atom. The molecule has 0 aliphatic carbocycles. The molecule has 0 bridgehead atoms. The van der Waals surface area contributed by atoms with E-state index in [1.807, 2.05) is 48.5 Å². The van der Waals surface area contributed by atoms with Crippen molar-refractivity contribution >= 4 is 35.2 Å². The van der Waals surface area contributed by atoms with Crippen molar-refractivity contribution in [1.29, 1.82) is 0 Å². The first-order valence-corrected chi connectivity index (χ1v) is 10.4. The van der Waals surface area contributed by atoms with E-state index in [0.29, 0.717) is 25.2 Å². The van der Waals surface area contributed by atoms with Crippen LogP contribution < -0.4 is 11.1 Å². The second-order valence-corrected chi connectivity index (χ2v) is 8.52. The number of hydrogen-bond acceptors (Lipinski definition) is 4. The van der Waals surface area contributed by atoms with E-state index in [-0.39, 0.29) is 16.8 Å². The van der Waals surface area contributed by atoms with Gasteiger partial charge in [-0.25, -0.2) is 4.68 Å². The van der Waals surface area contributed by atoms with Gasteiger partial charge in [-0.1, -0.05) is 48.0 Å². The molecular formula is C21H16ClN3O2S2. The zero-order valence-electron chi connectivity index (χ0n) is 15.6. The molecule has 0 aliphatic rings. The maximum Gasteiger partial charge on any atom is 0.296 e. The first kappa shape index (κ1) is 19.6. The number of aromatic nitrogens is 3. The summed E-state index contributed by atoms with van der Waals surface area (Å²) in [5.74, 6) is 0. The topological polar surface area (TPSA) is 48.9 Å². The van der Waals surface area contributed by atoms with Crippen LogP contribution in [0.25, 0.3) is 21.8 Å². The van der Waals surface area contributed by atoms with Crippen molar-refractivity contribution < 1.29 is 0 Å². The minimum Gasteiger partial charge on any atom is -0.283 e. The Hall–Kier alpha value is -2.74. The van der Waals surface area contributed by atoms with E-state index in [9.17, 15) is 9.59 Å². The van der Waals surface area contributed by atoms with Gasteiger partial charge in [0.1, 0.15) is 5.69 Å². The highest BCUT2D eigenvalue weighted by Gasteiger charge is 2.20. The molecule has 4 aromatic rings. The first-order valence-electron chi connectivity index (χ1n) is 8.76. The average Bonchev–Trinajstić information content (AvgIpc) is 2.92. The Balaban J connectivity index is 1.96. The Morgan fingerprint density at radius 2 is 1.66 bits per heavy atom. The lowest BCUT2D eigenvalue weighted by atomic mass is 10.2. The highest BCUT2D eigenvalue weighted by Crippen LogP contribution is 2.30. The lowest BCUT2D eigenvalue weighted by Crippen LogP contribution is -2.26. The molecule has 0 fully saturated rings. The molecule has 146 valence electrons. The molecule has 2 heterocycles. The molecule has 2 aromatic heterocycles. The molecule has 2 aromatic carbocycles. The van der Waals surface area contributed by atoms with E-state index >= 15 is 0 Å². The maximum atomic E-state index is 13.2. The molecule has 0 spiro atoms. The summed E-state index contributed by atoms with van der Waals surface area (Å²) in [5, 5.41) is 0.539. The highest BCUT2D eigenvalue weighted by atomic mass is 35.5. The Labute approximate surface area is 180 Å². The van der Waals surface area contributed by atoms with E-state index in [1.54, 1.807) is 24.7 Å². The molecule has 0 aliphatic heterocycles. The van der Waals surface area contributed by atoms with Gasteiger partial charge in [-0.2, -0.15) is 0 Å². The Bertz CT molecular complexity index is 1370. The maximum absolute atomic E-state index is 13.2. The molecule has 29 heavy (non-hydrogen) atoms. The normalized spacial score (nSPS) is 11.0. The van der Waals surface area contributed by atoms with Crippen molar-refractivity contribution in [2.24, 2.45) is 7.05 Å². The van der Waals surface area contributed by atoms with Crippen LogP contribution in [0.3, 0.4) is 0 Å². The van der Waals surface area contributed by atoms with Crippen LogP contribution in [0, 0.1) is 10.9 Å². The molecule has 4 rings (SSSR count). The van der Waals surface area contributed by atoms with Gasteiger partial charge in [-0.05, 0) is 37.3 Å². The Morgan fingerprint density at radius 3 is 2.31 bits per heavy atom. The van der Waals surface area contributed by atoms with Gasteiger partial charge in [0.2, 0.25) is 0 Å². The molecule has 0 amide bonds. The number of benzene rings is 2. The standard InChI is InChI=1S/C21H16ClN3O2S2/c1-13-19(20(27)25(23(13)2)14-8-4-3-5-9-14)24-18(26)12-17(29-21(24)28)15-10-6-7-11-16(15)22/h3-12H,1-2H3. The van der Waals surface area contributed by atoms with Crippen LogP contribution in [0.5, 0.6) is 0 Å². The van der Waals surface area contributed by atoms with Gasteiger partial charge >= 0.3 is 0 Å². The predicted molar refractivity (Wildman–Crippen MR) is 121 cm³/mol. The minimum atomic E-state index is -0.366. The van der Waals surface area contributed by atoms with E-state index in [1.165, 1.54) is 26.7 Å². The van der Waals surface area contributed by atoms with Crippen molar-refractivity contribution in [3.63, 3.8) is 0 Å². The summed E-state index contributed by atoms with van der Waals surface area (Å²) in [5.41, 5.74) is 1.68. The summed E-state index contributed by atoms with van der Waals surface area (Å²) in [7, 11) is 1.78. The molecule has 0 unspecified atom stereocenters. The summed E-state index contributed by atoms with van der Waals surface area (Å²) in [6.07, 6.45) is 0. The van der Waals surface area contributed by atoms with E-state index in [2.05, 4.69) is 0 Å². The fourth-order valence-corrected chi connectivity index (χ4v) is 4.90. The molecule has 0 radical (unpaired) electrons. The monoisotopic (exact) mass is 441 g/mol. The van der Waals surface area contributed by atoms with E-state index in [0.717, 1.165) is 5.56 Å². The van der Waals surface area contributed by atoms with Gasteiger partial charge in [0.15, 0.2) is 3.95 Å². The van der Waals surface area contributed by atoms with E-state index < -0.39 is 0 Å². The van der Waals surface area contributed by atoms with Crippen LogP contribution in [0.4, 0.5) is 0 Å². The van der Waals surface area contributed by atoms with Crippen molar-refractivity contribution in [1.82, 2.24) is 13.9 Å². The van der Waals surface area contributed by atoms with Crippen molar-refractivity contribution in [2.75, 3.05) is 0 Å². The van der Waals surface area contributed by atoms with Crippen LogP contribution in [-0.4, -0.2) is 13.9 Å². The number of nitrogens with zero attached hydrogens (tertiary/aromatic N) is 3. The molecular weight excluding hydrogens is 426 g/mol. The van der Waals surface area contributed by atoms with E-state index in [4.69, 9.17) is 23.8 Å². The third-order valence-corrected chi connectivity index (χ3v) is 6.42. The predicted octanol–water partition coefficient (Wildman–Crippen LogP) is 4.75. The van der Waals surface area contributed by atoms with Crippen molar-refractivity contribution in [3.8, 4) is 21.8 Å². The fourth-order valence-electron chi connectivity index (χ4n) is 3.24. The quantitative estimate of drug-likeness (QED) is 0.431. The van der Waals surface area contributed by atoms with Crippen molar-refractivity contribution in [3.05, 3.63) is 96.0 Å². The largest absolute Gasteiger partial charge is 0.296 e. The van der Waals surface area contributed by atoms with Crippen LogP contribution in [0.1, 0.15) is 5.69 Å². The van der Waals surface area contributed by atoms with Gasteiger partial charge in [0.05, 0.1) is 11.4 Å². The van der Waals surface area contributed by atoms with Gasteiger partial charge in [0, 0.05) is 28.6 Å². The average molecular weight is 442 g/mol. The third kappa shape index (κ3) is 3.31.